The molecular formula is C69H54BN3. The van der Waals surface area contributed by atoms with Crippen molar-refractivity contribution in [2.45, 2.75) is 55.9 Å². The van der Waals surface area contributed by atoms with E-state index in [0.717, 1.165) is 17.8 Å². The molecule has 4 heteroatoms. The summed E-state index contributed by atoms with van der Waals surface area (Å²) in [6, 6.07) is 91.8. The van der Waals surface area contributed by atoms with E-state index in [-0.39, 0.29) is 17.7 Å². The van der Waals surface area contributed by atoms with Crippen LogP contribution >= 0.6 is 0 Å². The fourth-order valence-corrected chi connectivity index (χ4v) is 14.7. The van der Waals surface area contributed by atoms with Crippen LogP contribution in [0.2, 0.25) is 0 Å². The topological polar surface area (TPSA) is 9.72 Å². The number of fused-ring (bicyclic) bond motifs is 3. The van der Waals surface area contributed by atoms with Gasteiger partial charge in [0.2, 0.25) is 0 Å². The molecule has 1 aliphatic carbocycles. The van der Waals surface area contributed by atoms with Gasteiger partial charge in [0.05, 0.1) is 11.0 Å². The SMILES string of the molecule is CC12CCCCC1(C)N(c1cc3c4c(c1)N(c1ccc(-c5ccccc5)cc1)c1cccc5c1B4c1c(cccc1C5(c1ccccc1)c1ccccc1)N3c1ccc(-c3ccccc3)cc1)c1ccccc12. The summed E-state index contributed by atoms with van der Waals surface area (Å²) in [6.45, 7) is 5.09. The third kappa shape index (κ3) is 5.78. The third-order valence-electron chi connectivity index (χ3n) is 18.1. The maximum absolute atomic E-state index is 2.78. The van der Waals surface area contributed by atoms with E-state index in [4.69, 9.17) is 0 Å². The van der Waals surface area contributed by atoms with Gasteiger partial charge in [0.1, 0.15) is 0 Å². The predicted octanol–water partition coefficient (Wildman–Crippen LogP) is 15.5. The highest BCUT2D eigenvalue weighted by molar-refractivity contribution is 7.01. The number of nitrogens with zero attached hydrogens (tertiary/aromatic N) is 3. The van der Waals surface area contributed by atoms with Gasteiger partial charge in [0.15, 0.2) is 0 Å². The molecule has 0 N–H and O–H groups in total. The summed E-state index contributed by atoms with van der Waals surface area (Å²) in [4.78, 5) is 8.04. The number of hydrogen-bond donors (Lipinski definition) is 0. The molecule has 0 amide bonds. The van der Waals surface area contributed by atoms with Gasteiger partial charge < -0.3 is 14.7 Å². The lowest BCUT2D eigenvalue weighted by Gasteiger charge is -2.53. The molecule has 73 heavy (non-hydrogen) atoms. The molecule has 0 radical (unpaired) electrons. The van der Waals surface area contributed by atoms with Gasteiger partial charge in [-0.3, -0.25) is 0 Å². The van der Waals surface area contributed by atoms with Gasteiger partial charge in [-0.1, -0.05) is 208 Å². The largest absolute Gasteiger partial charge is 0.334 e. The maximum Gasteiger partial charge on any atom is 0.253 e. The van der Waals surface area contributed by atoms with Crippen molar-refractivity contribution in [1.29, 1.82) is 0 Å². The van der Waals surface area contributed by atoms with E-state index >= 15 is 0 Å². The average molecular weight is 936 g/mol. The predicted molar refractivity (Wildman–Crippen MR) is 306 cm³/mol. The van der Waals surface area contributed by atoms with Crippen LogP contribution in [0.3, 0.4) is 0 Å². The van der Waals surface area contributed by atoms with Crippen LogP contribution in [-0.2, 0) is 10.8 Å². The minimum absolute atomic E-state index is 0.000526. The molecule has 10 aromatic carbocycles. The molecular weight excluding hydrogens is 882 g/mol. The lowest BCUT2D eigenvalue weighted by Crippen LogP contribution is -2.68. The van der Waals surface area contributed by atoms with E-state index < -0.39 is 5.41 Å². The Hall–Kier alpha value is -8.34. The average Bonchev–Trinajstić information content (AvgIpc) is 3.67. The van der Waals surface area contributed by atoms with Gasteiger partial charge in [-0.05, 0) is 141 Å². The first-order chi connectivity index (χ1) is 36.0. The molecule has 10 aromatic rings. The fourth-order valence-electron chi connectivity index (χ4n) is 14.7. The Bertz CT molecular complexity index is 3580. The summed E-state index contributed by atoms with van der Waals surface area (Å²) in [7, 11) is 0. The monoisotopic (exact) mass is 935 g/mol. The van der Waals surface area contributed by atoms with Gasteiger partial charge in [-0.15, -0.1) is 0 Å². The quantitative estimate of drug-likeness (QED) is 0.147. The number of anilines is 8. The zero-order chi connectivity index (χ0) is 48.5. The molecule has 1 fully saturated rings. The molecule has 0 spiro atoms. The lowest BCUT2D eigenvalue weighted by atomic mass is 9.28. The number of benzene rings is 10. The van der Waals surface area contributed by atoms with Crippen LogP contribution in [-0.4, -0.2) is 12.3 Å². The molecule has 15 rings (SSSR count). The molecule has 3 nitrogen and oxygen atoms in total. The summed E-state index contributed by atoms with van der Waals surface area (Å²) >= 11 is 0. The molecule has 1 saturated carbocycles. The first-order valence-electron chi connectivity index (χ1n) is 26.3. The van der Waals surface area contributed by atoms with E-state index in [9.17, 15) is 0 Å². The third-order valence-corrected chi connectivity index (χ3v) is 18.1. The molecule has 2 unspecified atom stereocenters. The first-order valence-corrected chi connectivity index (χ1v) is 26.3. The van der Waals surface area contributed by atoms with Crippen LogP contribution in [0.25, 0.3) is 22.3 Å². The highest BCUT2D eigenvalue weighted by Gasteiger charge is 2.59. The molecule has 2 atom stereocenters. The number of rotatable bonds is 7. The van der Waals surface area contributed by atoms with Crippen molar-refractivity contribution in [2.24, 2.45) is 0 Å². The Balaban J connectivity index is 1.07. The van der Waals surface area contributed by atoms with Crippen LogP contribution in [0.4, 0.5) is 45.5 Å². The second kappa shape index (κ2) is 15.8. The minimum Gasteiger partial charge on any atom is -0.334 e. The van der Waals surface area contributed by atoms with Gasteiger partial charge in [-0.2, -0.15) is 0 Å². The normalized spacial score (nSPS) is 19.3. The summed E-state index contributed by atoms with van der Waals surface area (Å²) in [6.07, 6.45) is 4.76. The van der Waals surface area contributed by atoms with E-state index in [1.54, 1.807) is 0 Å². The van der Waals surface area contributed by atoms with E-state index in [0.29, 0.717) is 0 Å². The van der Waals surface area contributed by atoms with Crippen molar-refractivity contribution in [3.63, 3.8) is 0 Å². The fraction of sp³-hybridized carbons (Fsp3) is 0.130. The van der Waals surface area contributed by atoms with E-state index in [1.165, 1.54) is 120 Å². The van der Waals surface area contributed by atoms with Crippen LogP contribution in [0.1, 0.15) is 67.3 Å². The van der Waals surface area contributed by atoms with E-state index in [2.05, 4.69) is 271 Å². The Morgan fingerprint density at radius 3 is 1.26 bits per heavy atom. The van der Waals surface area contributed by atoms with Crippen LogP contribution in [0.15, 0.2) is 243 Å². The smallest absolute Gasteiger partial charge is 0.253 e. The summed E-state index contributed by atoms with van der Waals surface area (Å²) in [5.74, 6) is 0. The summed E-state index contributed by atoms with van der Waals surface area (Å²) in [5.41, 5.74) is 24.7. The van der Waals surface area contributed by atoms with Crippen molar-refractivity contribution in [2.75, 3.05) is 14.7 Å². The van der Waals surface area contributed by atoms with Gasteiger partial charge in [0, 0.05) is 50.9 Å². The van der Waals surface area contributed by atoms with Crippen LogP contribution in [0.5, 0.6) is 0 Å². The molecule has 0 saturated heterocycles. The first kappa shape index (κ1) is 42.4. The Morgan fingerprint density at radius 2 is 0.753 bits per heavy atom. The minimum atomic E-state index is -0.615. The second-order valence-electron chi connectivity index (χ2n) is 21.5. The van der Waals surface area contributed by atoms with Gasteiger partial charge in [0.25, 0.3) is 6.71 Å². The van der Waals surface area contributed by atoms with Gasteiger partial charge in [-0.25, -0.2) is 0 Å². The van der Waals surface area contributed by atoms with Crippen molar-refractivity contribution < 1.29 is 0 Å². The zero-order valence-corrected chi connectivity index (χ0v) is 41.3. The van der Waals surface area contributed by atoms with Crippen molar-refractivity contribution in [3.05, 3.63) is 270 Å². The standard InChI is InChI=1S/C69H54BN3/c1-67-43-17-18-44-68(67,2)73(59-32-16-15-29-56(59)67)55-45-62-66-63(46-55)72(54-41-37-50(38-42-54)48-23-9-4-10-24-48)61-34-20-31-58-65(61)70(66)64-57(69(58,51-25-11-5-12-26-51)52-27-13-6-14-28-52)30-19-33-60(64)71(62)53-39-35-49(36-40-53)47-21-7-3-8-22-47/h3-16,19-42,45-46H,17-18,43-44H2,1-2H3. The molecule has 0 bridgehead atoms. The molecule has 0 aromatic heterocycles. The lowest BCUT2D eigenvalue weighted by molar-refractivity contribution is 0.195. The van der Waals surface area contributed by atoms with Crippen molar-refractivity contribution in [1.82, 2.24) is 0 Å². The summed E-state index contributed by atoms with van der Waals surface area (Å²) < 4.78 is 0. The van der Waals surface area contributed by atoms with Crippen LogP contribution in [0, 0.1) is 0 Å². The van der Waals surface area contributed by atoms with Crippen molar-refractivity contribution in [3.8, 4) is 22.3 Å². The highest BCUT2D eigenvalue weighted by atomic mass is 15.3. The molecule has 4 aliphatic heterocycles. The molecule has 5 aliphatic rings. The molecule has 4 heterocycles. The summed E-state index contributed by atoms with van der Waals surface area (Å²) in [5, 5.41) is 0. The Morgan fingerprint density at radius 1 is 0.342 bits per heavy atom. The maximum atomic E-state index is 2.78. The van der Waals surface area contributed by atoms with Crippen molar-refractivity contribution >= 4 is 68.6 Å². The molecule has 348 valence electrons. The Labute approximate surface area is 429 Å². The van der Waals surface area contributed by atoms with Gasteiger partial charge >= 0.3 is 0 Å². The number of para-hydroxylation sites is 1. The van der Waals surface area contributed by atoms with Crippen LogP contribution < -0.4 is 31.1 Å². The van der Waals surface area contributed by atoms with E-state index in [1.807, 2.05) is 0 Å². The highest BCUT2D eigenvalue weighted by Crippen LogP contribution is 2.62. The Kier molecular flexibility index (Phi) is 9.19. The second-order valence-corrected chi connectivity index (χ2v) is 21.5. The number of hydrogen-bond acceptors (Lipinski definition) is 3. The zero-order valence-electron chi connectivity index (χ0n) is 41.3.